The fourth-order valence-corrected chi connectivity index (χ4v) is 1.75. The van der Waals surface area contributed by atoms with Crippen LogP contribution in [0.2, 0.25) is 0 Å². The second kappa shape index (κ2) is 5.85. The summed E-state index contributed by atoms with van der Waals surface area (Å²) in [7, 11) is -4.16. The molecule has 1 unspecified atom stereocenters. The highest BCUT2D eigenvalue weighted by Crippen LogP contribution is 2.40. The van der Waals surface area contributed by atoms with E-state index in [4.69, 9.17) is 5.50 Å². The Bertz CT molecular complexity index is 467. The monoisotopic (exact) mass is 282 g/mol. The van der Waals surface area contributed by atoms with Crippen molar-refractivity contribution in [3.8, 4) is 5.75 Å². The molecular formula is C8H9F2N2O5P. The highest BCUT2D eigenvalue weighted by molar-refractivity contribution is 7.51. The smallest absolute Gasteiger partial charge is 0.413 e. The second-order valence-electron chi connectivity index (χ2n) is 3.07. The molecule has 100 valence electrons. The largest absolute Gasteiger partial charge is 0.456 e. The number of nitrogens with two attached hydrogens (primary N) is 1. The zero-order valence-electron chi connectivity index (χ0n) is 8.86. The lowest BCUT2D eigenvalue weighted by Crippen LogP contribution is -2.11. The summed E-state index contributed by atoms with van der Waals surface area (Å²) < 4.78 is 43.8. The highest BCUT2D eigenvalue weighted by atomic mass is 31.2. The minimum absolute atomic E-state index is 0.0827. The van der Waals surface area contributed by atoms with Gasteiger partial charge in [-0.3, -0.25) is 14.6 Å². The van der Waals surface area contributed by atoms with Crippen LogP contribution < -0.4 is 10.0 Å². The average molecular weight is 282 g/mol. The van der Waals surface area contributed by atoms with E-state index in [0.717, 1.165) is 24.3 Å². The van der Waals surface area contributed by atoms with Gasteiger partial charge in [0.05, 0.1) is 4.92 Å². The van der Waals surface area contributed by atoms with Crippen LogP contribution in [0.5, 0.6) is 5.75 Å². The summed E-state index contributed by atoms with van der Waals surface area (Å²) in [5.41, 5.74) is 4.83. The number of halogens is 2. The lowest BCUT2D eigenvalue weighted by atomic mass is 10.3. The minimum Gasteiger partial charge on any atom is -0.413 e. The van der Waals surface area contributed by atoms with Gasteiger partial charge in [0, 0.05) is 12.1 Å². The number of benzene rings is 1. The molecule has 1 rings (SSSR count). The van der Waals surface area contributed by atoms with Crippen molar-refractivity contribution in [1.82, 2.24) is 0 Å². The van der Waals surface area contributed by atoms with Crippen molar-refractivity contribution < 1.29 is 27.3 Å². The van der Waals surface area contributed by atoms with Crippen LogP contribution in [0.25, 0.3) is 0 Å². The average Bonchev–Trinajstić information content (AvgIpc) is 2.27. The van der Waals surface area contributed by atoms with Crippen LogP contribution in [0.15, 0.2) is 24.3 Å². The maximum Gasteiger partial charge on any atom is 0.456 e. The van der Waals surface area contributed by atoms with E-state index in [0.29, 0.717) is 0 Å². The van der Waals surface area contributed by atoms with Crippen molar-refractivity contribution in [2.24, 2.45) is 5.50 Å². The van der Waals surface area contributed by atoms with Crippen LogP contribution in [0.1, 0.15) is 0 Å². The molecule has 0 bridgehead atoms. The van der Waals surface area contributed by atoms with E-state index in [1.807, 2.05) is 0 Å². The van der Waals surface area contributed by atoms with Gasteiger partial charge in [0.2, 0.25) is 0 Å². The number of non-ortho nitro benzene ring substituents is 1. The van der Waals surface area contributed by atoms with Gasteiger partial charge in [0.25, 0.3) is 12.1 Å². The SMILES string of the molecule is NP(=O)(OCC(F)F)Oc1ccc([N+](=O)[O-])cc1. The van der Waals surface area contributed by atoms with E-state index in [2.05, 4.69) is 9.05 Å². The zero-order chi connectivity index (χ0) is 13.8. The first-order chi connectivity index (χ1) is 8.30. The molecule has 18 heavy (non-hydrogen) atoms. The first-order valence-corrected chi connectivity index (χ1v) is 6.17. The molecule has 0 fully saturated rings. The van der Waals surface area contributed by atoms with E-state index >= 15 is 0 Å². The number of rotatable bonds is 6. The van der Waals surface area contributed by atoms with Crippen molar-refractivity contribution in [3.63, 3.8) is 0 Å². The Balaban J connectivity index is 2.66. The third-order valence-corrected chi connectivity index (χ3v) is 2.63. The van der Waals surface area contributed by atoms with E-state index in [9.17, 15) is 23.5 Å². The number of nitro groups is 1. The third kappa shape index (κ3) is 4.74. The molecule has 0 radical (unpaired) electrons. The Morgan fingerprint density at radius 1 is 1.39 bits per heavy atom. The van der Waals surface area contributed by atoms with Crippen LogP contribution in [-0.4, -0.2) is 18.0 Å². The maximum atomic E-state index is 11.8. The summed E-state index contributed by atoms with van der Waals surface area (Å²) >= 11 is 0. The Morgan fingerprint density at radius 3 is 2.39 bits per heavy atom. The molecule has 0 aromatic heterocycles. The van der Waals surface area contributed by atoms with Crippen LogP contribution in [0, 0.1) is 10.1 Å². The summed E-state index contributed by atoms with van der Waals surface area (Å²) in [5, 5.41) is 10.4. The first kappa shape index (κ1) is 14.5. The Labute approximate surface area is 100 Å². The number of hydrogen-bond acceptors (Lipinski definition) is 5. The topological polar surface area (TPSA) is 105 Å². The standard InChI is InChI=1S/C8H9F2N2O5P/c9-8(10)5-16-18(11,15)17-7-3-1-6(2-4-7)12(13)14/h1-4,8H,5H2,(H2,11,15). The van der Waals surface area contributed by atoms with Crippen LogP contribution in [0.4, 0.5) is 14.5 Å². The minimum atomic E-state index is -4.16. The van der Waals surface area contributed by atoms with Gasteiger partial charge in [-0.15, -0.1) is 0 Å². The summed E-state index contributed by atoms with van der Waals surface area (Å²) in [5.74, 6) is -0.0827. The van der Waals surface area contributed by atoms with E-state index in [-0.39, 0.29) is 11.4 Å². The van der Waals surface area contributed by atoms with Crippen LogP contribution in [-0.2, 0) is 9.09 Å². The van der Waals surface area contributed by atoms with E-state index in [1.165, 1.54) is 0 Å². The third-order valence-electron chi connectivity index (χ3n) is 1.66. The van der Waals surface area contributed by atoms with Crippen molar-refractivity contribution in [2.45, 2.75) is 6.43 Å². The van der Waals surface area contributed by atoms with Gasteiger partial charge in [-0.05, 0) is 12.1 Å². The van der Waals surface area contributed by atoms with Crippen LogP contribution >= 0.6 is 7.75 Å². The summed E-state index contributed by atoms with van der Waals surface area (Å²) in [6.45, 7) is -1.12. The summed E-state index contributed by atoms with van der Waals surface area (Å²) in [6.07, 6.45) is -2.83. The number of hydrogen-bond donors (Lipinski definition) is 1. The molecule has 2 N–H and O–H groups in total. The maximum absolute atomic E-state index is 11.8. The molecule has 0 aliphatic carbocycles. The predicted molar refractivity (Wildman–Crippen MR) is 57.5 cm³/mol. The lowest BCUT2D eigenvalue weighted by Gasteiger charge is -2.13. The molecule has 1 atom stereocenters. The molecule has 0 amide bonds. The molecule has 0 aliphatic rings. The van der Waals surface area contributed by atoms with E-state index in [1.54, 1.807) is 0 Å². The van der Waals surface area contributed by atoms with E-state index < -0.39 is 25.7 Å². The van der Waals surface area contributed by atoms with Gasteiger partial charge >= 0.3 is 7.75 Å². The number of nitro benzene ring substituents is 1. The molecule has 0 aliphatic heterocycles. The molecule has 1 aromatic rings. The van der Waals surface area contributed by atoms with Gasteiger partial charge in [-0.2, -0.15) is 0 Å². The van der Waals surface area contributed by atoms with Crippen molar-refractivity contribution in [3.05, 3.63) is 34.4 Å². The predicted octanol–water partition coefficient (Wildman–Crippen LogP) is 2.32. The van der Waals surface area contributed by atoms with Crippen molar-refractivity contribution >= 4 is 13.4 Å². The number of nitrogens with zero attached hydrogens (tertiary/aromatic N) is 1. The van der Waals surface area contributed by atoms with Gasteiger partial charge in [-0.25, -0.2) is 18.9 Å². The Morgan fingerprint density at radius 2 is 1.94 bits per heavy atom. The highest BCUT2D eigenvalue weighted by Gasteiger charge is 2.22. The molecule has 0 heterocycles. The Kier molecular flexibility index (Phi) is 4.71. The van der Waals surface area contributed by atoms with Crippen molar-refractivity contribution in [1.29, 1.82) is 0 Å². The van der Waals surface area contributed by atoms with Gasteiger partial charge < -0.3 is 4.52 Å². The molecule has 0 saturated heterocycles. The van der Waals surface area contributed by atoms with Crippen molar-refractivity contribution in [2.75, 3.05) is 6.61 Å². The normalized spacial score (nSPS) is 14.2. The molecule has 7 nitrogen and oxygen atoms in total. The zero-order valence-corrected chi connectivity index (χ0v) is 9.76. The fourth-order valence-electron chi connectivity index (χ4n) is 0.962. The second-order valence-corrected chi connectivity index (χ2v) is 4.59. The molecule has 0 saturated carbocycles. The van der Waals surface area contributed by atoms with Gasteiger partial charge in [-0.1, -0.05) is 0 Å². The summed E-state index contributed by atoms with van der Waals surface area (Å²) in [6, 6.07) is 4.43. The quantitative estimate of drug-likeness (QED) is 0.487. The summed E-state index contributed by atoms with van der Waals surface area (Å²) in [4.78, 5) is 9.71. The molecule has 0 spiro atoms. The molecular weight excluding hydrogens is 273 g/mol. The first-order valence-electron chi connectivity index (χ1n) is 4.55. The fraction of sp³-hybridized carbons (Fsp3) is 0.250. The molecule has 1 aromatic carbocycles. The number of alkyl halides is 2. The van der Waals surface area contributed by atoms with Gasteiger partial charge in [0.15, 0.2) is 0 Å². The van der Waals surface area contributed by atoms with Crippen LogP contribution in [0.3, 0.4) is 0 Å². The lowest BCUT2D eigenvalue weighted by molar-refractivity contribution is -0.384. The molecule has 10 heteroatoms. The van der Waals surface area contributed by atoms with Gasteiger partial charge in [0.1, 0.15) is 12.4 Å². The Hall–Kier alpha value is -1.57.